The first-order valence-electron chi connectivity index (χ1n) is 8.14. The van der Waals surface area contributed by atoms with Crippen molar-refractivity contribution in [1.29, 1.82) is 0 Å². The number of hydrogen-bond donors (Lipinski definition) is 2. The Morgan fingerprint density at radius 1 is 0.920 bits per heavy atom. The second-order valence-electron chi connectivity index (χ2n) is 6.02. The Morgan fingerprint density at radius 2 is 1.40 bits per heavy atom. The number of nitrogens with zero attached hydrogens (tertiary/aromatic N) is 1. The Balaban J connectivity index is 1.64. The minimum absolute atomic E-state index is 0.311. The lowest BCUT2D eigenvalue weighted by Gasteiger charge is -2.17. The lowest BCUT2D eigenvalue weighted by molar-refractivity contribution is -0.166. The van der Waals surface area contributed by atoms with Gasteiger partial charge in [0.1, 0.15) is 17.7 Å². The molecule has 0 aliphatic carbocycles. The van der Waals surface area contributed by atoms with Crippen LogP contribution in [-0.4, -0.2) is 42.6 Å². The molecule has 1 amide bonds. The molecule has 2 N–H and O–H groups in total. The first-order chi connectivity index (χ1) is 12.1. The van der Waals surface area contributed by atoms with Crippen LogP contribution in [0.4, 0.5) is 0 Å². The van der Waals surface area contributed by atoms with E-state index < -0.39 is 12.2 Å². The van der Waals surface area contributed by atoms with Gasteiger partial charge >= 0.3 is 0 Å². The molecule has 0 bridgehead atoms. The van der Waals surface area contributed by atoms with Gasteiger partial charge in [-0.15, -0.1) is 0 Å². The lowest BCUT2D eigenvalue weighted by atomic mass is 10.1. The van der Waals surface area contributed by atoms with Crippen molar-refractivity contribution in [3.8, 4) is 11.5 Å². The molecule has 6 heteroatoms. The Kier molecular flexibility index (Phi) is 5.21. The minimum Gasteiger partial charge on any atom is -0.497 e. The molecular weight excluding hydrogens is 320 g/mol. The average Bonchev–Trinajstić information content (AvgIpc) is 2.91. The van der Waals surface area contributed by atoms with E-state index in [2.05, 4.69) is 5.32 Å². The fourth-order valence-corrected chi connectivity index (χ4v) is 2.96. The number of hydrogen-bond acceptors (Lipinski definition) is 5. The second kappa shape index (κ2) is 7.55. The summed E-state index contributed by atoms with van der Waals surface area (Å²) >= 11 is 0. The molecule has 2 atom stereocenters. The smallest absolute Gasteiger partial charge is 0.264 e. The average molecular weight is 342 g/mol. The molecule has 132 valence electrons. The van der Waals surface area contributed by atoms with Gasteiger partial charge in [-0.05, 0) is 41.8 Å². The molecule has 1 heterocycles. The van der Waals surface area contributed by atoms with Crippen LogP contribution < -0.4 is 14.8 Å². The van der Waals surface area contributed by atoms with E-state index in [1.165, 1.54) is 0 Å². The molecule has 1 fully saturated rings. The number of carbonyl (C=O) groups is 1. The zero-order chi connectivity index (χ0) is 17.8. The van der Waals surface area contributed by atoms with Crippen LogP contribution in [0.3, 0.4) is 0 Å². The van der Waals surface area contributed by atoms with Gasteiger partial charge in [0, 0.05) is 6.42 Å². The van der Waals surface area contributed by atoms with E-state index in [0.29, 0.717) is 12.8 Å². The fraction of sp³-hybridized carbons (Fsp3) is 0.316. The number of carbonyl (C=O) groups excluding carboxylic acids is 1. The molecule has 0 aromatic heterocycles. The van der Waals surface area contributed by atoms with Crippen LogP contribution in [0.25, 0.3) is 0 Å². The molecule has 0 unspecified atom stereocenters. The van der Waals surface area contributed by atoms with E-state index in [1.807, 2.05) is 48.5 Å². The summed E-state index contributed by atoms with van der Waals surface area (Å²) in [5.41, 5.74) is 2.01. The van der Waals surface area contributed by atoms with Crippen LogP contribution in [0.2, 0.25) is 0 Å². The van der Waals surface area contributed by atoms with Gasteiger partial charge in [-0.2, -0.15) is 0 Å². The third-order valence-corrected chi connectivity index (χ3v) is 4.40. The number of rotatable bonds is 6. The highest BCUT2D eigenvalue weighted by atomic mass is 16.5. The van der Waals surface area contributed by atoms with E-state index in [9.17, 15) is 10.0 Å². The van der Waals surface area contributed by atoms with E-state index in [1.54, 1.807) is 14.2 Å². The molecule has 0 saturated carbocycles. The zero-order valence-electron chi connectivity index (χ0n) is 14.3. The highest BCUT2D eigenvalue weighted by molar-refractivity contribution is 5.83. The second-order valence-corrected chi connectivity index (χ2v) is 6.02. The van der Waals surface area contributed by atoms with Crippen molar-refractivity contribution < 1.29 is 19.5 Å². The van der Waals surface area contributed by atoms with Crippen LogP contribution in [0.1, 0.15) is 11.1 Å². The summed E-state index contributed by atoms with van der Waals surface area (Å²) in [6, 6.07) is 14.7. The molecule has 1 aliphatic rings. The normalized spacial score (nSPS) is 20.0. The van der Waals surface area contributed by atoms with E-state index in [-0.39, 0.29) is 5.91 Å². The van der Waals surface area contributed by atoms with E-state index in [4.69, 9.17) is 9.47 Å². The van der Waals surface area contributed by atoms with Gasteiger partial charge in [0.25, 0.3) is 5.91 Å². The van der Waals surface area contributed by atoms with Crippen molar-refractivity contribution in [1.82, 2.24) is 10.4 Å². The highest BCUT2D eigenvalue weighted by Gasteiger charge is 2.38. The summed E-state index contributed by atoms with van der Waals surface area (Å²) in [7, 11) is 3.23. The van der Waals surface area contributed by atoms with E-state index in [0.717, 1.165) is 27.7 Å². The molecule has 3 rings (SSSR count). The standard InChI is InChI=1S/C19H22N2O4/c1-24-15-7-3-13(4-8-15)11-17-19(22)21(23)18(20-17)12-14-5-9-16(25-2)10-6-14/h3-10,17-18,20,23H,11-12H2,1-2H3/t17-,18+/m0/s1. The minimum atomic E-state index is -0.443. The van der Waals surface area contributed by atoms with E-state index >= 15 is 0 Å². The quantitative estimate of drug-likeness (QED) is 0.786. The predicted octanol–water partition coefficient (Wildman–Crippen LogP) is 2.00. The maximum atomic E-state index is 12.3. The zero-order valence-corrected chi connectivity index (χ0v) is 14.3. The van der Waals surface area contributed by atoms with Gasteiger partial charge in [0.15, 0.2) is 0 Å². The Morgan fingerprint density at radius 3 is 1.88 bits per heavy atom. The van der Waals surface area contributed by atoms with Gasteiger partial charge < -0.3 is 9.47 Å². The third-order valence-electron chi connectivity index (χ3n) is 4.40. The molecule has 0 spiro atoms. The fourth-order valence-electron chi connectivity index (χ4n) is 2.96. The van der Waals surface area contributed by atoms with Gasteiger partial charge in [0.2, 0.25) is 0 Å². The molecule has 6 nitrogen and oxygen atoms in total. The monoisotopic (exact) mass is 342 g/mol. The van der Waals surface area contributed by atoms with Crippen molar-refractivity contribution >= 4 is 5.91 Å². The van der Waals surface area contributed by atoms with Crippen LogP contribution in [-0.2, 0) is 17.6 Å². The maximum absolute atomic E-state index is 12.3. The summed E-state index contributed by atoms with van der Waals surface area (Å²) in [6.45, 7) is 0. The van der Waals surface area contributed by atoms with Crippen molar-refractivity contribution in [3.63, 3.8) is 0 Å². The number of methoxy groups -OCH3 is 2. The lowest BCUT2D eigenvalue weighted by Crippen LogP contribution is -2.37. The number of ether oxygens (including phenoxy) is 2. The van der Waals surface area contributed by atoms with Gasteiger partial charge in [-0.25, -0.2) is 5.06 Å². The topological polar surface area (TPSA) is 71.0 Å². The number of amides is 1. The van der Waals surface area contributed by atoms with Crippen LogP contribution in [0, 0.1) is 0 Å². The van der Waals surface area contributed by atoms with Gasteiger partial charge in [0.05, 0.1) is 20.3 Å². The third kappa shape index (κ3) is 3.92. The number of nitrogens with one attached hydrogen (secondary N) is 1. The maximum Gasteiger partial charge on any atom is 0.264 e. The highest BCUT2D eigenvalue weighted by Crippen LogP contribution is 2.19. The van der Waals surface area contributed by atoms with Crippen LogP contribution in [0.5, 0.6) is 11.5 Å². The molecule has 2 aromatic carbocycles. The largest absolute Gasteiger partial charge is 0.497 e. The van der Waals surface area contributed by atoms with Crippen LogP contribution in [0.15, 0.2) is 48.5 Å². The van der Waals surface area contributed by atoms with Crippen LogP contribution >= 0.6 is 0 Å². The van der Waals surface area contributed by atoms with Crippen molar-refractivity contribution in [2.45, 2.75) is 25.0 Å². The molecule has 1 saturated heterocycles. The first-order valence-corrected chi connectivity index (χ1v) is 8.14. The predicted molar refractivity (Wildman–Crippen MR) is 92.7 cm³/mol. The summed E-state index contributed by atoms with van der Waals surface area (Å²) in [5.74, 6) is 1.24. The van der Waals surface area contributed by atoms with Gasteiger partial charge in [-0.3, -0.25) is 15.3 Å². The Hall–Kier alpha value is -2.57. The summed E-state index contributed by atoms with van der Waals surface area (Å²) < 4.78 is 10.3. The molecule has 0 radical (unpaired) electrons. The van der Waals surface area contributed by atoms with Crippen molar-refractivity contribution in [2.75, 3.05) is 14.2 Å². The first kappa shape index (κ1) is 17.3. The molecule has 1 aliphatic heterocycles. The number of benzene rings is 2. The molecule has 25 heavy (non-hydrogen) atoms. The summed E-state index contributed by atoms with van der Waals surface area (Å²) in [6.07, 6.45) is 0.591. The van der Waals surface area contributed by atoms with Gasteiger partial charge in [-0.1, -0.05) is 24.3 Å². The summed E-state index contributed by atoms with van der Waals surface area (Å²) in [4.78, 5) is 12.3. The van der Waals surface area contributed by atoms with Crippen molar-refractivity contribution in [3.05, 3.63) is 59.7 Å². The molecule has 2 aromatic rings. The number of hydroxylamine groups is 2. The summed E-state index contributed by atoms with van der Waals surface area (Å²) in [5, 5.41) is 14.1. The Bertz CT molecular complexity index is 715. The van der Waals surface area contributed by atoms with Crippen molar-refractivity contribution in [2.24, 2.45) is 0 Å². The SMILES string of the molecule is COc1ccc(C[C@@H]2N[C@@H](Cc3ccc(OC)cc3)N(O)C2=O)cc1. The molecular formula is C19H22N2O4. The Labute approximate surface area is 146 Å².